The first-order valence-electron chi connectivity index (χ1n) is 7.04. The van der Waals surface area contributed by atoms with Gasteiger partial charge >= 0.3 is 5.69 Å². The Morgan fingerprint density at radius 1 is 0.957 bits per heavy atom. The molecule has 0 N–H and O–H groups in total. The molecule has 0 radical (unpaired) electrons. The summed E-state index contributed by atoms with van der Waals surface area (Å²) in [6, 6.07) is 7.06. The molecule has 0 fully saturated rings. The summed E-state index contributed by atoms with van der Waals surface area (Å²) in [5, 5.41) is 0.225. The molecule has 0 saturated carbocycles. The van der Waals surface area contributed by atoms with E-state index >= 15 is 0 Å². The minimum Gasteiger partial charge on any atom is -0.495 e. The van der Waals surface area contributed by atoms with Crippen molar-refractivity contribution in [3.05, 3.63) is 61.0 Å². The predicted octanol–water partition coefficient (Wildman–Crippen LogP) is 0.519. The molecule has 4 aromatic rings. The summed E-state index contributed by atoms with van der Waals surface area (Å²) in [4.78, 5) is 38.0. The van der Waals surface area contributed by atoms with Gasteiger partial charge in [-0.25, -0.2) is 9.20 Å². The third kappa shape index (κ3) is 1.41. The molecule has 4 rings (SSSR count). The van der Waals surface area contributed by atoms with E-state index in [9.17, 15) is 14.4 Å². The van der Waals surface area contributed by atoms with E-state index in [0.29, 0.717) is 16.6 Å². The number of methoxy groups -OCH3 is 1. The average Bonchev–Trinajstić information content (AvgIpc) is 2.90. The minimum absolute atomic E-state index is 0.211. The van der Waals surface area contributed by atoms with Crippen LogP contribution in [-0.4, -0.2) is 20.5 Å². The van der Waals surface area contributed by atoms with Gasteiger partial charge in [0, 0.05) is 7.05 Å². The summed E-state index contributed by atoms with van der Waals surface area (Å²) in [5.41, 5.74) is 0.458. The van der Waals surface area contributed by atoms with E-state index in [0.717, 1.165) is 4.57 Å². The van der Waals surface area contributed by atoms with Gasteiger partial charge in [0.1, 0.15) is 16.8 Å². The van der Waals surface area contributed by atoms with Gasteiger partial charge in [-0.1, -0.05) is 12.1 Å². The predicted molar refractivity (Wildman–Crippen MR) is 86.1 cm³/mol. The van der Waals surface area contributed by atoms with Crippen molar-refractivity contribution in [3.63, 3.8) is 0 Å². The largest absolute Gasteiger partial charge is 0.495 e. The van der Waals surface area contributed by atoms with Gasteiger partial charge in [-0.05, 0) is 19.1 Å². The topological polar surface area (TPSA) is 74.2 Å². The van der Waals surface area contributed by atoms with Crippen LogP contribution in [0.1, 0.15) is 5.56 Å². The van der Waals surface area contributed by atoms with Gasteiger partial charge in [0.15, 0.2) is 0 Å². The van der Waals surface area contributed by atoms with Crippen molar-refractivity contribution < 1.29 is 4.74 Å². The third-order valence-electron chi connectivity index (χ3n) is 4.30. The number of pyridine rings is 1. The maximum Gasteiger partial charge on any atom is 0.337 e. The molecule has 0 amide bonds. The standard InChI is InChI=1S/C16H13N3O4/c1-8-12(23-3)11-13-18(14(8)20)9-6-4-5-7-10(9)19(13)16(22)17(2)15(11)21/h4-7H,1-3H3. The molecule has 0 aliphatic heterocycles. The highest BCUT2D eigenvalue weighted by Crippen LogP contribution is 2.27. The molecule has 0 saturated heterocycles. The lowest BCUT2D eigenvalue weighted by atomic mass is 10.2. The molecule has 1 aromatic carbocycles. The van der Waals surface area contributed by atoms with Crippen molar-refractivity contribution in [1.82, 2.24) is 13.4 Å². The number of para-hydroxylation sites is 2. The molecule has 7 nitrogen and oxygen atoms in total. The Morgan fingerprint density at radius 2 is 1.57 bits per heavy atom. The van der Waals surface area contributed by atoms with E-state index in [2.05, 4.69) is 0 Å². The molecular weight excluding hydrogens is 298 g/mol. The van der Waals surface area contributed by atoms with Gasteiger partial charge < -0.3 is 4.74 Å². The van der Waals surface area contributed by atoms with Crippen molar-refractivity contribution in [3.8, 4) is 5.75 Å². The lowest BCUT2D eigenvalue weighted by Crippen LogP contribution is -2.36. The summed E-state index contributed by atoms with van der Waals surface area (Å²) in [6.07, 6.45) is 0. The Bertz CT molecular complexity index is 1240. The van der Waals surface area contributed by atoms with Crippen molar-refractivity contribution in [2.75, 3.05) is 7.11 Å². The number of nitrogens with zero attached hydrogens (tertiary/aromatic N) is 3. The van der Waals surface area contributed by atoms with Crippen molar-refractivity contribution >= 4 is 22.1 Å². The summed E-state index contributed by atoms with van der Waals surface area (Å²) in [6.45, 7) is 1.61. The molecule has 0 aliphatic rings. The number of rotatable bonds is 1. The number of aromatic nitrogens is 3. The number of imidazole rings is 1. The van der Waals surface area contributed by atoms with Gasteiger partial charge in [0.05, 0.1) is 23.7 Å². The smallest absolute Gasteiger partial charge is 0.337 e. The Labute approximate surface area is 128 Å². The van der Waals surface area contributed by atoms with Crippen LogP contribution in [0.2, 0.25) is 0 Å². The molecule has 23 heavy (non-hydrogen) atoms. The highest BCUT2D eigenvalue weighted by molar-refractivity contribution is 5.92. The van der Waals surface area contributed by atoms with Crippen LogP contribution in [0, 0.1) is 6.92 Å². The number of benzene rings is 1. The Kier molecular flexibility index (Phi) is 2.49. The highest BCUT2D eigenvalue weighted by Gasteiger charge is 2.24. The van der Waals surface area contributed by atoms with Crippen LogP contribution in [0.25, 0.3) is 22.1 Å². The van der Waals surface area contributed by atoms with Gasteiger partial charge in [-0.3, -0.25) is 18.6 Å². The Balaban J connectivity index is 2.62. The minimum atomic E-state index is -0.494. The fourth-order valence-corrected chi connectivity index (χ4v) is 3.20. The molecule has 0 aliphatic carbocycles. The molecule has 0 atom stereocenters. The number of ether oxygens (including phenoxy) is 1. The van der Waals surface area contributed by atoms with Crippen LogP contribution >= 0.6 is 0 Å². The number of hydrogen-bond donors (Lipinski definition) is 0. The highest BCUT2D eigenvalue weighted by atomic mass is 16.5. The molecule has 0 spiro atoms. The lowest BCUT2D eigenvalue weighted by Gasteiger charge is -2.10. The second kappa shape index (κ2) is 4.22. The van der Waals surface area contributed by atoms with E-state index in [1.54, 1.807) is 31.2 Å². The second-order valence-electron chi connectivity index (χ2n) is 5.47. The quantitative estimate of drug-likeness (QED) is 0.514. The van der Waals surface area contributed by atoms with Crippen LogP contribution in [0.3, 0.4) is 0 Å². The van der Waals surface area contributed by atoms with Gasteiger partial charge in [-0.2, -0.15) is 0 Å². The maximum atomic E-state index is 12.8. The van der Waals surface area contributed by atoms with Crippen LogP contribution in [0.15, 0.2) is 38.6 Å². The zero-order valence-electron chi connectivity index (χ0n) is 12.8. The first-order chi connectivity index (χ1) is 11.0. The lowest BCUT2D eigenvalue weighted by molar-refractivity contribution is 0.414. The third-order valence-corrected chi connectivity index (χ3v) is 4.30. The second-order valence-corrected chi connectivity index (χ2v) is 5.47. The molecule has 3 aromatic heterocycles. The normalized spacial score (nSPS) is 11.8. The van der Waals surface area contributed by atoms with E-state index < -0.39 is 11.2 Å². The Hall–Kier alpha value is -3.09. The molecule has 0 bridgehead atoms. The first kappa shape index (κ1) is 13.6. The summed E-state index contributed by atoms with van der Waals surface area (Å²) >= 11 is 0. The van der Waals surface area contributed by atoms with E-state index in [1.807, 2.05) is 0 Å². The maximum absolute atomic E-state index is 12.8. The molecule has 3 heterocycles. The van der Waals surface area contributed by atoms with E-state index in [-0.39, 0.29) is 22.3 Å². The average molecular weight is 311 g/mol. The monoisotopic (exact) mass is 311 g/mol. The van der Waals surface area contributed by atoms with Crippen molar-refractivity contribution in [2.45, 2.75) is 6.92 Å². The van der Waals surface area contributed by atoms with E-state index in [4.69, 9.17) is 4.74 Å². The fourth-order valence-electron chi connectivity index (χ4n) is 3.20. The van der Waals surface area contributed by atoms with Gasteiger partial charge in [-0.15, -0.1) is 0 Å². The molecule has 116 valence electrons. The van der Waals surface area contributed by atoms with Gasteiger partial charge in [0.2, 0.25) is 0 Å². The van der Waals surface area contributed by atoms with Crippen LogP contribution in [0.5, 0.6) is 5.75 Å². The van der Waals surface area contributed by atoms with Crippen molar-refractivity contribution in [2.24, 2.45) is 7.05 Å². The zero-order chi connectivity index (χ0) is 16.5. The number of fused-ring (bicyclic) bond motifs is 3. The fraction of sp³-hybridized carbons (Fsp3) is 0.188. The summed E-state index contributed by atoms with van der Waals surface area (Å²) < 4.78 is 9.13. The SMILES string of the molecule is COc1c(C)c(=O)n2c3ccccc3n3c(=O)n(C)c(=O)c1c23. The summed E-state index contributed by atoms with van der Waals surface area (Å²) in [5.74, 6) is 0.211. The molecule has 0 unspecified atom stereocenters. The Morgan fingerprint density at radius 3 is 2.17 bits per heavy atom. The van der Waals surface area contributed by atoms with Crippen LogP contribution in [0.4, 0.5) is 0 Å². The van der Waals surface area contributed by atoms with Gasteiger partial charge in [0.25, 0.3) is 11.1 Å². The van der Waals surface area contributed by atoms with Crippen molar-refractivity contribution in [1.29, 1.82) is 0 Å². The molecule has 7 heteroatoms. The zero-order valence-corrected chi connectivity index (χ0v) is 12.8. The van der Waals surface area contributed by atoms with E-state index in [1.165, 1.54) is 23.0 Å². The summed E-state index contributed by atoms with van der Waals surface area (Å²) in [7, 11) is 2.82. The number of hydrogen-bond acceptors (Lipinski definition) is 4. The molecular formula is C16H13N3O4. The van der Waals surface area contributed by atoms with Crippen LogP contribution in [-0.2, 0) is 7.05 Å². The van der Waals surface area contributed by atoms with Crippen LogP contribution < -0.4 is 21.5 Å². The first-order valence-corrected chi connectivity index (χ1v) is 7.04.